The molecule has 0 fully saturated rings. The molecule has 0 aliphatic rings. The zero-order valence-corrected chi connectivity index (χ0v) is 18.0. The lowest BCUT2D eigenvalue weighted by molar-refractivity contribution is -0.142. The number of nitrogens with one attached hydrogen (secondary N) is 4. The van der Waals surface area contributed by atoms with Crippen molar-refractivity contribution >= 4 is 42.2 Å². The van der Waals surface area contributed by atoms with Gasteiger partial charge in [0, 0.05) is 24.1 Å². The van der Waals surface area contributed by atoms with Gasteiger partial charge in [-0.2, -0.15) is 12.6 Å². The number of hydrogen-bond acceptors (Lipinski definition) is 9. The van der Waals surface area contributed by atoms with Crippen LogP contribution in [-0.4, -0.2) is 85.8 Å². The fourth-order valence-corrected chi connectivity index (χ4v) is 2.71. The van der Waals surface area contributed by atoms with Gasteiger partial charge in [-0.3, -0.25) is 19.2 Å². The van der Waals surface area contributed by atoms with Crippen LogP contribution in [0.2, 0.25) is 0 Å². The van der Waals surface area contributed by atoms with E-state index in [-0.39, 0.29) is 12.2 Å². The van der Waals surface area contributed by atoms with Crippen LogP contribution in [0.25, 0.3) is 0 Å². The van der Waals surface area contributed by atoms with Gasteiger partial charge >= 0.3 is 5.97 Å². The predicted molar refractivity (Wildman–Crippen MR) is 113 cm³/mol. The number of aromatic nitrogens is 2. The van der Waals surface area contributed by atoms with E-state index in [9.17, 15) is 34.2 Å². The number of carbonyl (C=O) groups excluding carboxylic acids is 4. The van der Waals surface area contributed by atoms with Crippen molar-refractivity contribution < 1.29 is 34.2 Å². The van der Waals surface area contributed by atoms with Crippen molar-refractivity contribution in [1.82, 2.24) is 25.9 Å². The first-order valence-corrected chi connectivity index (χ1v) is 10.0. The molecule has 0 saturated carbocycles. The van der Waals surface area contributed by atoms with Crippen molar-refractivity contribution in [2.24, 2.45) is 11.5 Å². The number of nitrogens with zero attached hydrogens (tertiary/aromatic N) is 1. The highest BCUT2D eigenvalue weighted by atomic mass is 32.1. The third-order valence-electron chi connectivity index (χ3n) is 4.27. The van der Waals surface area contributed by atoms with E-state index in [1.165, 1.54) is 19.4 Å². The molecule has 4 amide bonds. The molecule has 32 heavy (non-hydrogen) atoms. The number of carboxylic acid groups (broad SMARTS) is 1. The van der Waals surface area contributed by atoms with Gasteiger partial charge in [-0.05, 0) is 6.92 Å². The van der Waals surface area contributed by atoms with Crippen LogP contribution >= 0.6 is 12.6 Å². The van der Waals surface area contributed by atoms with Gasteiger partial charge in [0.2, 0.25) is 23.6 Å². The highest BCUT2D eigenvalue weighted by Crippen LogP contribution is 2.02. The Morgan fingerprint density at radius 1 is 1.09 bits per heavy atom. The maximum absolute atomic E-state index is 12.6. The second-order valence-electron chi connectivity index (χ2n) is 6.92. The van der Waals surface area contributed by atoms with Crippen molar-refractivity contribution in [2.75, 3.05) is 5.75 Å². The Kier molecular flexibility index (Phi) is 10.6. The smallest absolute Gasteiger partial charge is 0.326 e. The van der Waals surface area contributed by atoms with Crippen LogP contribution in [0.3, 0.4) is 0 Å². The molecule has 5 atom stereocenters. The average Bonchev–Trinajstić information content (AvgIpc) is 3.22. The number of primary amides is 1. The van der Waals surface area contributed by atoms with Gasteiger partial charge in [-0.25, -0.2) is 9.78 Å². The molecular weight excluding hydrogens is 446 g/mol. The van der Waals surface area contributed by atoms with Crippen LogP contribution < -0.4 is 27.4 Å². The van der Waals surface area contributed by atoms with Crippen LogP contribution in [0, 0.1) is 0 Å². The van der Waals surface area contributed by atoms with E-state index in [1.54, 1.807) is 0 Å². The quantitative estimate of drug-likeness (QED) is 0.127. The average molecular weight is 474 g/mol. The molecule has 15 heteroatoms. The fourth-order valence-electron chi connectivity index (χ4n) is 2.45. The highest BCUT2D eigenvalue weighted by Gasteiger charge is 2.31. The standard InChI is InChI=1S/C17H27N7O7S/c1-7(25)13(19)16(29)22-9(3-12(18)26)14(27)24-11(5-32)15(28)23-10(17(30)31)2-8-4-20-6-21-8/h4,6-7,9-11,13,25,32H,2-3,5,19H2,1H3,(H2,18,26)(H,20,21)(H,22,29)(H,23,28)(H,24,27)(H,30,31). The summed E-state index contributed by atoms with van der Waals surface area (Å²) >= 11 is 3.99. The molecule has 1 heterocycles. The maximum atomic E-state index is 12.6. The first-order valence-electron chi connectivity index (χ1n) is 9.40. The van der Waals surface area contributed by atoms with Gasteiger partial charge in [-0.15, -0.1) is 0 Å². The Labute approximate surface area is 188 Å². The van der Waals surface area contributed by atoms with E-state index in [0.717, 1.165) is 0 Å². The molecule has 1 aromatic heterocycles. The lowest BCUT2D eigenvalue weighted by Gasteiger charge is -2.24. The number of imidazole rings is 1. The minimum absolute atomic E-state index is 0.0914. The molecule has 1 aromatic rings. The van der Waals surface area contributed by atoms with Gasteiger partial charge in [0.1, 0.15) is 24.2 Å². The van der Waals surface area contributed by atoms with E-state index < -0.39 is 66.3 Å². The van der Waals surface area contributed by atoms with Gasteiger partial charge < -0.3 is 42.6 Å². The SMILES string of the molecule is CC(O)C(N)C(=O)NC(CC(N)=O)C(=O)NC(CS)C(=O)NC(Cc1cnc[nH]1)C(=O)O. The van der Waals surface area contributed by atoms with E-state index in [2.05, 4.69) is 38.5 Å². The van der Waals surface area contributed by atoms with E-state index >= 15 is 0 Å². The summed E-state index contributed by atoms with van der Waals surface area (Å²) in [7, 11) is 0. The van der Waals surface area contributed by atoms with E-state index in [4.69, 9.17) is 11.5 Å². The third kappa shape index (κ3) is 8.52. The summed E-state index contributed by atoms with van der Waals surface area (Å²) in [5, 5.41) is 25.5. The second-order valence-corrected chi connectivity index (χ2v) is 7.29. The zero-order chi connectivity index (χ0) is 24.4. The number of carboxylic acids is 1. The number of thiol groups is 1. The number of hydrogen-bond donors (Lipinski definition) is 9. The Bertz CT molecular complexity index is 818. The monoisotopic (exact) mass is 473 g/mol. The summed E-state index contributed by atoms with van der Waals surface area (Å²) < 4.78 is 0. The molecule has 0 bridgehead atoms. The highest BCUT2D eigenvalue weighted by molar-refractivity contribution is 7.80. The molecule has 0 saturated heterocycles. The molecule has 14 nitrogen and oxygen atoms in total. The Morgan fingerprint density at radius 2 is 1.66 bits per heavy atom. The van der Waals surface area contributed by atoms with Gasteiger partial charge in [0.05, 0.1) is 18.9 Å². The number of aliphatic hydroxyl groups is 1. The number of aromatic amines is 1. The number of aliphatic carboxylic acids is 1. The minimum Gasteiger partial charge on any atom is -0.480 e. The number of amides is 4. The summed E-state index contributed by atoms with van der Waals surface area (Å²) in [6.45, 7) is 1.26. The van der Waals surface area contributed by atoms with Crippen molar-refractivity contribution in [3.8, 4) is 0 Å². The van der Waals surface area contributed by atoms with Gasteiger partial charge in [0.15, 0.2) is 0 Å². The third-order valence-corrected chi connectivity index (χ3v) is 4.63. The summed E-state index contributed by atoms with van der Waals surface area (Å²) in [4.78, 5) is 66.4. The predicted octanol–water partition coefficient (Wildman–Crippen LogP) is -4.00. The molecule has 0 aliphatic carbocycles. The Hall–Kier alpha value is -3.17. The second kappa shape index (κ2) is 12.6. The fraction of sp³-hybridized carbons (Fsp3) is 0.529. The largest absolute Gasteiger partial charge is 0.480 e. The van der Waals surface area contributed by atoms with E-state index in [1.807, 2.05) is 0 Å². The van der Waals surface area contributed by atoms with Crippen LogP contribution in [0.5, 0.6) is 0 Å². The molecule has 0 aliphatic heterocycles. The number of rotatable bonds is 13. The van der Waals surface area contributed by atoms with Crippen molar-refractivity contribution in [3.63, 3.8) is 0 Å². The van der Waals surface area contributed by atoms with Gasteiger partial charge in [0.25, 0.3) is 0 Å². The van der Waals surface area contributed by atoms with Crippen molar-refractivity contribution in [1.29, 1.82) is 0 Å². The van der Waals surface area contributed by atoms with Crippen molar-refractivity contribution in [2.45, 2.75) is 50.0 Å². The number of carbonyl (C=O) groups is 5. The summed E-state index contributed by atoms with van der Waals surface area (Å²) in [6.07, 6.45) is 0.818. The molecular formula is C17H27N7O7S. The summed E-state index contributed by atoms with van der Waals surface area (Å²) in [6, 6.07) is -5.49. The molecule has 10 N–H and O–H groups in total. The molecule has 0 spiro atoms. The first-order chi connectivity index (χ1) is 15.0. The number of nitrogens with two attached hydrogens (primary N) is 2. The van der Waals surface area contributed by atoms with E-state index in [0.29, 0.717) is 5.69 Å². The molecule has 178 valence electrons. The topological polar surface area (TPSA) is 243 Å². The minimum atomic E-state index is -1.49. The van der Waals surface area contributed by atoms with Crippen LogP contribution in [-0.2, 0) is 30.4 Å². The lowest BCUT2D eigenvalue weighted by atomic mass is 10.1. The van der Waals surface area contributed by atoms with Crippen LogP contribution in [0.15, 0.2) is 12.5 Å². The Balaban J connectivity index is 2.86. The van der Waals surface area contributed by atoms with Crippen LogP contribution in [0.4, 0.5) is 0 Å². The summed E-state index contributed by atoms with van der Waals surface area (Å²) in [5.74, 6) is -5.19. The maximum Gasteiger partial charge on any atom is 0.326 e. The lowest BCUT2D eigenvalue weighted by Crippen LogP contribution is -2.59. The van der Waals surface area contributed by atoms with Crippen molar-refractivity contribution in [3.05, 3.63) is 18.2 Å². The van der Waals surface area contributed by atoms with Crippen LogP contribution in [0.1, 0.15) is 19.0 Å². The number of aliphatic hydroxyl groups excluding tert-OH is 1. The number of H-pyrrole nitrogens is 1. The molecule has 0 radical (unpaired) electrons. The Morgan fingerprint density at radius 3 is 2.12 bits per heavy atom. The van der Waals surface area contributed by atoms with Gasteiger partial charge in [-0.1, -0.05) is 0 Å². The normalized spacial score (nSPS) is 15.5. The molecule has 5 unspecified atom stereocenters. The molecule has 0 aromatic carbocycles. The first kappa shape index (κ1) is 26.9. The summed E-state index contributed by atoms with van der Waals surface area (Å²) in [5.41, 5.74) is 11.1. The molecule has 1 rings (SSSR count). The zero-order valence-electron chi connectivity index (χ0n) is 17.1.